The summed E-state index contributed by atoms with van der Waals surface area (Å²) in [6.45, 7) is 0.804. The van der Waals surface area contributed by atoms with Gasteiger partial charge in [-0.05, 0) is 19.4 Å². The van der Waals surface area contributed by atoms with Crippen LogP contribution >= 0.6 is 0 Å². The van der Waals surface area contributed by atoms with Crippen molar-refractivity contribution >= 4 is 11.9 Å². The zero-order valence-electron chi connectivity index (χ0n) is 12.8. The zero-order valence-corrected chi connectivity index (χ0v) is 12.8. The molecule has 8 N–H and O–H groups in total. The number of aliphatic hydroxyl groups excluding tert-OH is 2. The molecule has 3 atom stereocenters. The van der Waals surface area contributed by atoms with E-state index in [1.54, 1.807) is 0 Å². The number of nitrogens with one attached hydrogen (secondary N) is 1. The first-order valence-corrected chi connectivity index (χ1v) is 7.39. The third-order valence-electron chi connectivity index (χ3n) is 3.28. The molecule has 0 amide bonds. The van der Waals surface area contributed by atoms with Crippen molar-refractivity contribution in [2.75, 3.05) is 18.8 Å². The number of carboxylic acids is 1. The third kappa shape index (κ3) is 7.79. The van der Waals surface area contributed by atoms with Gasteiger partial charge in [0, 0.05) is 13.0 Å². The molecule has 0 radical (unpaired) electrons. The number of nitrogens with two attached hydrogens (primary N) is 2. The first kappa shape index (κ1) is 19.2. The summed E-state index contributed by atoms with van der Waals surface area (Å²) in [5, 5.41) is 38.5. The maximum absolute atomic E-state index is 10.5. The van der Waals surface area contributed by atoms with Crippen LogP contribution < -0.4 is 16.8 Å². The van der Waals surface area contributed by atoms with E-state index in [-0.39, 0.29) is 18.9 Å². The summed E-state index contributed by atoms with van der Waals surface area (Å²) < 4.78 is 0. The molecule has 0 saturated carbocycles. The molecule has 0 aliphatic heterocycles. The molecule has 1 rings (SSSR count). The van der Waals surface area contributed by atoms with Crippen molar-refractivity contribution in [3.05, 3.63) is 11.9 Å². The predicted octanol–water partition coefficient (Wildman–Crippen LogP) is -2.11. The van der Waals surface area contributed by atoms with Crippen LogP contribution in [0.25, 0.3) is 0 Å². The molecule has 1 aromatic rings. The van der Waals surface area contributed by atoms with E-state index in [0.29, 0.717) is 25.1 Å². The van der Waals surface area contributed by atoms with E-state index in [0.717, 1.165) is 6.42 Å². The summed E-state index contributed by atoms with van der Waals surface area (Å²) in [5.41, 5.74) is 11.2. The van der Waals surface area contributed by atoms with Crippen LogP contribution in [0.2, 0.25) is 0 Å². The van der Waals surface area contributed by atoms with Crippen molar-refractivity contribution in [2.45, 2.75) is 43.9 Å². The van der Waals surface area contributed by atoms with Gasteiger partial charge >= 0.3 is 5.97 Å². The van der Waals surface area contributed by atoms with E-state index in [4.69, 9.17) is 16.6 Å². The van der Waals surface area contributed by atoms with Crippen LogP contribution in [-0.4, -0.2) is 67.8 Å². The first-order valence-electron chi connectivity index (χ1n) is 7.39. The van der Waals surface area contributed by atoms with Gasteiger partial charge in [-0.2, -0.15) is 5.10 Å². The van der Waals surface area contributed by atoms with Crippen molar-refractivity contribution < 1.29 is 20.1 Å². The topological polar surface area (TPSA) is 180 Å². The predicted molar refractivity (Wildman–Crippen MR) is 82.3 cm³/mol. The van der Waals surface area contributed by atoms with Crippen LogP contribution in [0.5, 0.6) is 0 Å². The summed E-state index contributed by atoms with van der Waals surface area (Å²) in [6, 6.07) is -0.837. The van der Waals surface area contributed by atoms with Crippen molar-refractivity contribution in [2.24, 2.45) is 5.73 Å². The van der Waals surface area contributed by atoms with Crippen LogP contribution in [0.15, 0.2) is 6.20 Å². The highest BCUT2D eigenvalue weighted by Crippen LogP contribution is 2.03. The minimum atomic E-state index is -1.00. The van der Waals surface area contributed by atoms with Crippen molar-refractivity contribution in [3.63, 3.8) is 0 Å². The fourth-order valence-electron chi connectivity index (χ4n) is 1.93. The number of hydrogen-bond acceptors (Lipinski definition) is 9. The van der Waals surface area contributed by atoms with Gasteiger partial charge in [-0.3, -0.25) is 4.79 Å². The number of aromatic nitrogens is 3. The number of carbonyl (C=O) groups is 1. The maximum atomic E-state index is 10.5. The number of rotatable bonds is 11. The van der Waals surface area contributed by atoms with Crippen LogP contribution in [-0.2, 0) is 11.2 Å². The molecule has 0 unspecified atom stereocenters. The lowest BCUT2D eigenvalue weighted by molar-refractivity contribution is -0.138. The van der Waals surface area contributed by atoms with E-state index in [9.17, 15) is 15.0 Å². The third-order valence-corrected chi connectivity index (χ3v) is 3.28. The Hall–Kier alpha value is -1.88. The number of aliphatic carboxylic acids is 1. The van der Waals surface area contributed by atoms with Gasteiger partial charge in [0.15, 0.2) is 0 Å². The van der Waals surface area contributed by atoms with Crippen LogP contribution in [0.3, 0.4) is 0 Å². The Morgan fingerprint density at radius 2 is 2.04 bits per heavy atom. The van der Waals surface area contributed by atoms with E-state index in [2.05, 4.69) is 20.5 Å². The molecule has 130 valence electrons. The largest absolute Gasteiger partial charge is 0.480 e. The number of hydrogen-bond donors (Lipinski definition) is 6. The summed E-state index contributed by atoms with van der Waals surface area (Å²) in [7, 11) is 0. The highest BCUT2D eigenvalue weighted by molar-refractivity contribution is 5.72. The van der Waals surface area contributed by atoms with Gasteiger partial charge in [0.2, 0.25) is 5.95 Å². The average Bonchev–Trinajstić information content (AvgIpc) is 2.50. The number of carboxylic acid groups (broad SMARTS) is 1. The molecule has 0 bridgehead atoms. The minimum absolute atomic E-state index is 0.0156. The molecule has 10 heteroatoms. The number of aliphatic hydroxyl groups is 2. The van der Waals surface area contributed by atoms with Gasteiger partial charge in [-0.15, -0.1) is 5.10 Å². The van der Waals surface area contributed by atoms with Gasteiger partial charge in [0.25, 0.3) is 0 Å². The van der Waals surface area contributed by atoms with Gasteiger partial charge in [-0.1, -0.05) is 6.42 Å². The van der Waals surface area contributed by atoms with Crippen molar-refractivity contribution in [1.82, 2.24) is 20.5 Å². The molecular weight excluding hydrogens is 305 g/mol. The Balaban J connectivity index is 2.16. The summed E-state index contributed by atoms with van der Waals surface area (Å²) in [6.07, 6.45) is 1.35. The van der Waals surface area contributed by atoms with E-state index in [1.165, 1.54) is 6.20 Å². The van der Waals surface area contributed by atoms with Gasteiger partial charge in [0.1, 0.15) is 6.04 Å². The van der Waals surface area contributed by atoms with Crippen LogP contribution in [0.4, 0.5) is 5.95 Å². The molecule has 0 spiro atoms. The summed E-state index contributed by atoms with van der Waals surface area (Å²) >= 11 is 0. The van der Waals surface area contributed by atoms with Gasteiger partial charge in [-0.25, -0.2) is 4.98 Å². The molecule has 1 aromatic heterocycles. The number of anilines is 1. The van der Waals surface area contributed by atoms with Crippen LogP contribution in [0.1, 0.15) is 25.0 Å². The Bertz CT molecular complexity index is 489. The smallest absolute Gasteiger partial charge is 0.320 e. The lowest BCUT2D eigenvalue weighted by atomic mass is 10.1. The normalized spacial score (nSPS) is 15.1. The Labute approximate surface area is 133 Å². The lowest BCUT2D eigenvalue weighted by Crippen LogP contribution is -2.38. The van der Waals surface area contributed by atoms with Crippen LogP contribution in [0, 0.1) is 0 Å². The van der Waals surface area contributed by atoms with Crippen molar-refractivity contribution in [3.8, 4) is 0 Å². The minimum Gasteiger partial charge on any atom is -0.480 e. The molecule has 0 saturated heterocycles. The first-order chi connectivity index (χ1) is 10.9. The Kier molecular flexibility index (Phi) is 8.33. The monoisotopic (exact) mass is 329 g/mol. The highest BCUT2D eigenvalue weighted by Gasteiger charge is 2.17. The van der Waals surface area contributed by atoms with E-state index in [1.807, 2.05) is 0 Å². The van der Waals surface area contributed by atoms with E-state index >= 15 is 0 Å². The Morgan fingerprint density at radius 1 is 1.30 bits per heavy atom. The number of nitrogens with zero attached hydrogens (tertiary/aromatic N) is 3. The zero-order chi connectivity index (χ0) is 17.2. The second kappa shape index (κ2) is 10.0. The molecule has 10 nitrogen and oxygen atoms in total. The Morgan fingerprint density at radius 3 is 2.70 bits per heavy atom. The molecule has 23 heavy (non-hydrogen) atoms. The molecule has 0 fully saturated rings. The molecular formula is C13H24N6O4. The molecule has 0 aliphatic carbocycles. The molecule has 1 heterocycles. The fourth-order valence-corrected chi connectivity index (χ4v) is 1.93. The maximum Gasteiger partial charge on any atom is 0.320 e. The summed E-state index contributed by atoms with van der Waals surface area (Å²) in [5.74, 6) is -0.988. The molecule has 0 aromatic carbocycles. The number of unbranched alkanes of at least 4 members (excludes halogenated alkanes) is 1. The lowest BCUT2D eigenvalue weighted by Gasteiger charge is -2.18. The molecule has 0 aliphatic rings. The second-order valence-corrected chi connectivity index (χ2v) is 5.29. The number of nitrogen functional groups attached to an aromatic ring is 1. The standard InChI is InChI=1S/C13H24N6O4/c14-9(12(22)23)3-1-2-4-16-7-11(21)10(20)5-8-6-17-19-13(15)18-8/h6,9-11,16,20-21H,1-5,7,14H2,(H,22,23)(H2,15,18,19)/t9-,10+,11-/m0/s1/i7+1. The summed E-state index contributed by atoms with van der Waals surface area (Å²) in [4.78, 5) is 14.4. The van der Waals surface area contributed by atoms with Gasteiger partial charge < -0.3 is 32.1 Å². The van der Waals surface area contributed by atoms with Gasteiger partial charge in [0.05, 0.1) is 24.1 Å². The quantitative estimate of drug-likeness (QED) is 0.194. The SMILES string of the molecule is Nc1nncc(C[C@@H](O)[C@@H](O)[13CH2]NCCCC[C@H](N)C(=O)O)n1. The highest BCUT2D eigenvalue weighted by atomic mass is 16.4. The van der Waals surface area contributed by atoms with Crippen molar-refractivity contribution in [1.29, 1.82) is 0 Å². The average molecular weight is 329 g/mol. The fraction of sp³-hybridized carbons (Fsp3) is 0.692. The van der Waals surface area contributed by atoms with E-state index < -0.39 is 24.2 Å². The second-order valence-electron chi connectivity index (χ2n) is 5.29.